The van der Waals surface area contributed by atoms with Crippen molar-refractivity contribution in [2.24, 2.45) is 5.92 Å². The summed E-state index contributed by atoms with van der Waals surface area (Å²) in [5.74, 6) is -0.0518. The molecule has 0 aromatic heterocycles. The largest absolute Gasteiger partial charge is 0.496 e. The molecule has 3 rings (SSSR count). The molecule has 150 valence electrons. The van der Waals surface area contributed by atoms with E-state index in [2.05, 4.69) is 36.6 Å². The Morgan fingerprint density at radius 3 is 2.54 bits per heavy atom. The molecule has 0 radical (unpaired) electrons. The normalized spacial score (nSPS) is 24.5. The fraction of sp³-hybridized carbons (Fsp3) is 0.435. The lowest BCUT2D eigenvalue weighted by Crippen LogP contribution is -2.41. The predicted molar refractivity (Wildman–Crippen MR) is 111 cm³/mol. The Morgan fingerprint density at radius 1 is 1.21 bits per heavy atom. The van der Waals surface area contributed by atoms with Gasteiger partial charge in [-0.1, -0.05) is 56.3 Å². The average Bonchev–Trinajstić information content (AvgIpc) is 3.03. The maximum Gasteiger partial charge on any atom is 0.309 e. The number of aliphatic carboxylic acids is 1. The summed E-state index contributed by atoms with van der Waals surface area (Å²) in [4.78, 5) is 12.0. The van der Waals surface area contributed by atoms with E-state index in [9.17, 15) is 9.90 Å². The summed E-state index contributed by atoms with van der Waals surface area (Å²) in [6, 6.07) is 15.9. The molecular weight excluding hydrogens is 352 g/mol. The molecule has 5 nitrogen and oxygen atoms in total. The molecule has 0 spiro atoms. The maximum absolute atomic E-state index is 12.0. The third-order valence-electron chi connectivity index (χ3n) is 5.67. The summed E-state index contributed by atoms with van der Waals surface area (Å²) < 4.78 is 5.53. The van der Waals surface area contributed by atoms with Crippen LogP contribution in [0.4, 0.5) is 0 Å². The van der Waals surface area contributed by atoms with Crippen molar-refractivity contribution < 1.29 is 14.6 Å². The van der Waals surface area contributed by atoms with Crippen LogP contribution in [-0.2, 0) is 11.3 Å². The highest BCUT2D eigenvalue weighted by Gasteiger charge is 2.45. The van der Waals surface area contributed by atoms with E-state index in [4.69, 9.17) is 4.74 Å². The standard InChI is InChI=1S/C23H30N2O3/c1-14(2)17-10-11-19(28-4)18(12-17)13-24-22-20(23(26)27)15(3)25-21(22)16-8-6-5-7-9-16/h5-12,14-15,20-22,24-25H,13H2,1-4H3,(H,26,27)/t15-,20-,21-,22-/m0/s1. The first-order valence-electron chi connectivity index (χ1n) is 9.86. The number of hydrogen-bond donors (Lipinski definition) is 3. The van der Waals surface area contributed by atoms with Gasteiger partial charge in [-0.15, -0.1) is 0 Å². The molecule has 3 N–H and O–H groups in total. The number of carboxylic acid groups (broad SMARTS) is 1. The van der Waals surface area contributed by atoms with E-state index in [0.717, 1.165) is 16.9 Å². The van der Waals surface area contributed by atoms with Crippen LogP contribution in [0.5, 0.6) is 5.75 Å². The van der Waals surface area contributed by atoms with Gasteiger partial charge in [0.25, 0.3) is 0 Å². The Kier molecular flexibility index (Phi) is 6.37. The van der Waals surface area contributed by atoms with E-state index >= 15 is 0 Å². The van der Waals surface area contributed by atoms with E-state index in [0.29, 0.717) is 12.5 Å². The lowest BCUT2D eigenvalue weighted by atomic mass is 9.91. The van der Waals surface area contributed by atoms with Crippen LogP contribution in [0, 0.1) is 5.92 Å². The highest BCUT2D eigenvalue weighted by molar-refractivity contribution is 5.72. The second kappa shape index (κ2) is 8.76. The van der Waals surface area contributed by atoms with Crippen molar-refractivity contribution >= 4 is 5.97 Å². The number of rotatable bonds is 7. The third-order valence-corrected chi connectivity index (χ3v) is 5.67. The van der Waals surface area contributed by atoms with E-state index in [1.807, 2.05) is 43.3 Å². The van der Waals surface area contributed by atoms with Crippen LogP contribution in [-0.4, -0.2) is 30.3 Å². The van der Waals surface area contributed by atoms with Gasteiger partial charge in [-0.25, -0.2) is 0 Å². The number of carboxylic acids is 1. The predicted octanol–water partition coefficient (Wildman–Crippen LogP) is 3.71. The zero-order valence-electron chi connectivity index (χ0n) is 17.0. The molecule has 0 aliphatic carbocycles. The molecule has 2 aromatic carbocycles. The van der Waals surface area contributed by atoms with Gasteiger partial charge >= 0.3 is 5.97 Å². The first kappa shape index (κ1) is 20.4. The van der Waals surface area contributed by atoms with Crippen LogP contribution >= 0.6 is 0 Å². The van der Waals surface area contributed by atoms with Gasteiger partial charge in [0.2, 0.25) is 0 Å². The van der Waals surface area contributed by atoms with Crippen LogP contribution in [0.2, 0.25) is 0 Å². The van der Waals surface area contributed by atoms with E-state index < -0.39 is 11.9 Å². The Labute approximate surface area is 167 Å². The zero-order chi connectivity index (χ0) is 20.3. The molecule has 1 aliphatic heterocycles. The van der Waals surface area contributed by atoms with Crippen molar-refractivity contribution in [1.29, 1.82) is 0 Å². The summed E-state index contributed by atoms with van der Waals surface area (Å²) >= 11 is 0. The summed E-state index contributed by atoms with van der Waals surface area (Å²) in [5.41, 5.74) is 3.38. The number of methoxy groups -OCH3 is 1. The molecule has 0 saturated carbocycles. The van der Waals surface area contributed by atoms with E-state index in [1.54, 1.807) is 7.11 Å². The summed E-state index contributed by atoms with van der Waals surface area (Å²) in [7, 11) is 1.67. The number of ether oxygens (including phenoxy) is 1. The molecule has 0 unspecified atom stereocenters. The molecule has 1 fully saturated rings. The van der Waals surface area contributed by atoms with E-state index in [-0.39, 0.29) is 18.1 Å². The summed E-state index contributed by atoms with van der Waals surface area (Å²) in [6.07, 6.45) is 0. The van der Waals surface area contributed by atoms with Crippen LogP contribution in [0.25, 0.3) is 0 Å². The quantitative estimate of drug-likeness (QED) is 0.681. The second-order valence-electron chi connectivity index (χ2n) is 7.84. The van der Waals surface area contributed by atoms with Crippen molar-refractivity contribution in [3.8, 4) is 5.75 Å². The van der Waals surface area contributed by atoms with Gasteiger partial charge in [0.05, 0.1) is 13.0 Å². The second-order valence-corrected chi connectivity index (χ2v) is 7.84. The number of benzene rings is 2. The van der Waals surface area contributed by atoms with Crippen LogP contribution in [0.3, 0.4) is 0 Å². The van der Waals surface area contributed by atoms with E-state index in [1.165, 1.54) is 5.56 Å². The fourth-order valence-corrected chi connectivity index (χ4v) is 4.11. The first-order chi connectivity index (χ1) is 13.4. The summed E-state index contributed by atoms with van der Waals surface area (Å²) in [5, 5.41) is 16.8. The van der Waals surface area contributed by atoms with Gasteiger partial charge in [-0.05, 0) is 30.0 Å². The Balaban J connectivity index is 1.87. The van der Waals surface area contributed by atoms with Gasteiger partial charge in [0.15, 0.2) is 0 Å². The van der Waals surface area contributed by atoms with Crippen LogP contribution in [0.1, 0.15) is 49.4 Å². The minimum atomic E-state index is -0.779. The molecule has 0 amide bonds. The van der Waals surface area contributed by atoms with Crippen molar-refractivity contribution in [2.45, 2.75) is 51.4 Å². The zero-order valence-corrected chi connectivity index (χ0v) is 17.0. The molecule has 1 saturated heterocycles. The first-order valence-corrected chi connectivity index (χ1v) is 9.86. The smallest absolute Gasteiger partial charge is 0.309 e. The van der Waals surface area contributed by atoms with Gasteiger partial charge < -0.3 is 20.5 Å². The number of carbonyl (C=O) groups is 1. The SMILES string of the molecule is COc1ccc(C(C)C)cc1CN[C@H]1[C@@H](C(=O)O)[C@H](C)N[C@H]1c1ccccc1. The highest BCUT2D eigenvalue weighted by Crippen LogP contribution is 2.33. The van der Waals surface area contributed by atoms with Crippen molar-refractivity contribution in [1.82, 2.24) is 10.6 Å². The molecule has 1 heterocycles. The Bertz CT molecular complexity index is 807. The minimum absolute atomic E-state index is 0.0587. The van der Waals surface area contributed by atoms with Crippen molar-refractivity contribution in [3.05, 3.63) is 65.2 Å². The molecule has 2 aromatic rings. The van der Waals surface area contributed by atoms with Crippen LogP contribution in [0.15, 0.2) is 48.5 Å². The lowest BCUT2D eigenvalue weighted by molar-refractivity contribution is -0.142. The number of hydrogen-bond acceptors (Lipinski definition) is 4. The third kappa shape index (κ3) is 4.21. The maximum atomic E-state index is 12.0. The Hall–Kier alpha value is -2.37. The molecule has 28 heavy (non-hydrogen) atoms. The molecular formula is C23H30N2O3. The van der Waals surface area contributed by atoms with Crippen molar-refractivity contribution in [2.75, 3.05) is 7.11 Å². The van der Waals surface area contributed by atoms with Gasteiger partial charge in [0, 0.05) is 30.2 Å². The minimum Gasteiger partial charge on any atom is -0.496 e. The molecule has 0 bridgehead atoms. The van der Waals surface area contributed by atoms with Gasteiger partial charge in [-0.3, -0.25) is 4.79 Å². The topological polar surface area (TPSA) is 70.6 Å². The summed E-state index contributed by atoms with van der Waals surface area (Å²) in [6.45, 7) is 6.81. The molecule has 5 heteroatoms. The Morgan fingerprint density at radius 2 is 1.93 bits per heavy atom. The number of nitrogens with one attached hydrogen (secondary N) is 2. The molecule has 4 atom stereocenters. The lowest BCUT2D eigenvalue weighted by Gasteiger charge is -2.25. The van der Waals surface area contributed by atoms with Crippen molar-refractivity contribution in [3.63, 3.8) is 0 Å². The van der Waals surface area contributed by atoms with Gasteiger partial charge in [0.1, 0.15) is 5.75 Å². The average molecular weight is 383 g/mol. The monoisotopic (exact) mass is 382 g/mol. The highest BCUT2D eigenvalue weighted by atomic mass is 16.5. The van der Waals surface area contributed by atoms with Gasteiger partial charge in [-0.2, -0.15) is 0 Å². The fourth-order valence-electron chi connectivity index (χ4n) is 4.11. The van der Waals surface area contributed by atoms with Crippen LogP contribution < -0.4 is 15.4 Å². The molecule has 1 aliphatic rings.